The Bertz CT molecular complexity index is 246. The number of alkyl halides is 1. The Balaban J connectivity index is 2.88. The number of rotatable bonds is 2. The van der Waals surface area contributed by atoms with Crippen molar-refractivity contribution in [2.45, 2.75) is 6.80 Å². The molecule has 0 aromatic carbocycles. The molecule has 6 heteroatoms. The van der Waals surface area contributed by atoms with Crippen molar-refractivity contribution in [1.29, 1.82) is 0 Å². The van der Waals surface area contributed by atoms with Crippen molar-refractivity contribution < 1.29 is 9.31 Å². The lowest BCUT2D eigenvalue weighted by Gasteiger charge is -1.84. The molecule has 10 heavy (non-hydrogen) atoms. The topological polar surface area (TPSA) is 61.0 Å². The Kier molecular flexibility index (Phi) is 1.61. The van der Waals surface area contributed by atoms with Crippen LogP contribution in [0.25, 0.3) is 0 Å². The lowest BCUT2D eigenvalue weighted by Crippen LogP contribution is -1.91. The summed E-state index contributed by atoms with van der Waals surface area (Å²) in [5.74, 6) is 0. The molecule has 1 rings (SSSR count). The summed E-state index contributed by atoms with van der Waals surface area (Å²) in [7, 11) is 0. The molecule has 0 fully saturated rings. The molecule has 54 valence electrons. The van der Waals surface area contributed by atoms with E-state index >= 15 is 0 Å². The third-order valence-electron chi connectivity index (χ3n) is 0.953. The van der Waals surface area contributed by atoms with Crippen LogP contribution in [0.2, 0.25) is 0 Å². The van der Waals surface area contributed by atoms with Crippen molar-refractivity contribution in [3.8, 4) is 0 Å². The van der Waals surface area contributed by atoms with E-state index in [1.54, 1.807) is 0 Å². The fourth-order valence-corrected chi connectivity index (χ4v) is 0.512. The van der Waals surface area contributed by atoms with Gasteiger partial charge in [0.2, 0.25) is 0 Å². The molecule has 5 nitrogen and oxygen atoms in total. The fourth-order valence-electron chi connectivity index (χ4n) is 0.512. The molecule has 0 atom stereocenters. The standard InChI is InChI=1S/C4H4FN3O2/c5-3-7-2-4(1-6-7)8(9)10/h1-2H,3H2. The third-order valence-corrected chi connectivity index (χ3v) is 0.953. The first-order valence-electron chi connectivity index (χ1n) is 2.47. The maximum Gasteiger partial charge on any atom is 0.307 e. The Hall–Kier alpha value is -1.46. The average molecular weight is 145 g/mol. The van der Waals surface area contributed by atoms with Gasteiger partial charge in [-0.15, -0.1) is 0 Å². The van der Waals surface area contributed by atoms with Gasteiger partial charge in [0, 0.05) is 0 Å². The van der Waals surface area contributed by atoms with E-state index in [0.29, 0.717) is 0 Å². The van der Waals surface area contributed by atoms with Gasteiger partial charge in [0.15, 0.2) is 6.80 Å². The van der Waals surface area contributed by atoms with Gasteiger partial charge in [-0.05, 0) is 0 Å². The molecule has 0 amide bonds. The van der Waals surface area contributed by atoms with Gasteiger partial charge < -0.3 is 0 Å². The van der Waals surface area contributed by atoms with Crippen molar-refractivity contribution in [2.75, 3.05) is 0 Å². The summed E-state index contributed by atoms with van der Waals surface area (Å²) in [6.45, 7) is -0.839. The number of aromatic nitrogens is 2. The first kappa shape index (κ1) is 6.66. The van der Waals surface area contributed by atoms with Crippen LogP contribution >= 0.6 is 0 Å². The normalized spacial score (nSPS) is 9.70. The highest BCUT2D eigenvalue weighted by Crippen LogP contribution is 2.06. The number of halogens is 1. The van der Waals surface area contributed by atoms with E-state index in [0.717, 1.165) is 17.1 Å². The molecule has 0 aliphatic rings. The second kappa shape index (κ2) is 2.42. The average Bonchev–Trinajstić information content (AvgIpc) is 2.34. The number of nitrogens with zero attached hydrogens (tertiary/aromatic N) is 3. The molecule has 0 aliphatic carbocycles. The van der Waals surface area contributed by atoms with Gasteiger partial charge in [0.05, 0.1) is 4.92 Å². The Labute approximate surface area is 55.2 Å². The van der Waals surface area contributed by atoms with Crippen molar-refractivity contribution >= 4 is 5.69 Å². The number of hydrogen-bond acceptors (Lipinski definition) is 3. The molecule has 0 spiro atoms. The van der Waals surface area contributed by atoms with Crippen molar-refractivity contribution in [3.63, 3.8) is 0 Å². The minimum atomic E-state index is -0.839. The zero-order valence-corrected chi connectivity index (χ0v) is 4.90. The lowest BCUT2D eigenvalue weighted by molar-refractivity contribution is -0.385. The van der Waals surface area contributed by atoms with Gasteiger partial charge in [-0.25, -0.2) is 9.07 Å². The maximum atomic E-state index is 11.7. The number of nitro groups is 1. The molecule has 0 aliphatic heterocycles. The predicted octanol–water partition coefficient (Wildman–Crippen LogP) is 0.718. The molecule has 0 bridgehead atoms. The largest absolute Gasteiger partial charge is 0.307 e. The molecule has 0 N–H and O–H groups in total. The smallest absolute Gasteiger partial charge is 0.258 e. The second-order valence-corrected chi connectivity index (χ2v) is 1.61. The van der Waals surface area contributed by atoms with Gasteiger partial charge >= 0.3 is 5.69 Å². The van der Waals surface area contributed by atoms with E-state index in [2.05, 4.69) is 5.10 Å². The maximum absolute atomic E-state index is 11.7. The summed E-state index contributed by atoms with van der Waals surface area (Å²) >= 11 is 0. The monoisotopic (exact) mass is 145 g/mol. The molecule has 1 aromatic rings. The Morgan fingerprint density at radius 1 is 1.90 bits per heavy atom. The van der Waals surface area contributed by atoms with E-state index in [1.807, 2.05) is 0 Å². The third kappa shape index (κ3) is 1.09. The van der Waals surface area contributed by atoms with E-state index in [4.69, 9.17) is 0 Å². The minimum absolute atomic E-state index is 0.197. The van der Waals surface area contributed by atoms with E-state index < -0.39 is 11.7 Å². The molecule has 0 saturated carbocycles. The van der Waals surface area contributed by atoms with Crippen molar-refractivity contribution in [1.82, 2.24) is 9.78 Å². The van der Waals surface area contributed by atoms with Crippen LogP contribution in [0.15, 0.2) is 12.4 Å². The van der Waals surface area contributed by atoms with Crippen molar-refractivity contribution in [3.05, 3.63) is 22.5 Å². The van der Waals surface area contributed by atoms with Crippen LogP contribution in [0.3, 0.4) is 0 Å². The molecule has 1 heterocycles. The van der Waals surface area contributed by atoms with Gasteiger partial charge in [-0.3, -0.25) is 10.1 Å². The highest BCUT2D eigenvalue weighted by Gasteiger charge is 2.07. The zero-order valence-electron chi connectivity index (χ0n) is 4.90. The SMILES string of the molecule is O=[N+]([O-])c1cnn(CF)c1. The highest BCUT2D eigenvalue weighted by atomic mass is 19.1. The summed E-state index contributed by atoms with van der Waals surface area (Å²) in [4.78, 5) is 9.33. The molecular formula is C4H4FN3O2. The van der Waals surface area contributed by atoms with E-state index in [1.165, 1.54) is 0 Å². The fraction of sp³-hybridized carbons (Fsp3) is 0.250. The first-order chi connectivity index (χ1) is 4.74. The van der Waals surface area contributed by atoms with Crippen molar-refractivity contribution in [2.24, 2.45) is 0 Å². The van der Waals surface area contributed by atoms with Crippen LogP contribution in [-0.2, 0) is 6.80 Å². The van der Waals surface area contributed by atoms with E-state index in [-0.39, 0.29) is 5.69 Å². The summed E-state index contributed by atoms with van der Waals surface area (Å²) in [6, 6.07) is 0. The Morgan fingerprint density at radius 2 is 2.60 bits per heavy atom. The van der Waals surface area contributed by atoms with Gasteiger partial charge in [0.25, 0.3) is 0 Å². The van der Waals surface area contributed by atoms with Crippen LogP contribution in [0.1, 0.15) is 0 Å². The predicted molar refractivity (Wildman–Crippen MR) is 30.0 cm³/mol. The van der Waals surface area contributed by atoms with Crippen LogP contribution in [0.5, 0.6) is 0 Å². The van der Waals surface area contributed by atoms with Crippen LogP contribution in [0.4, 0.5) is 10.1 Å². The van der Waals surface area contributed by atoms with Crippen LogP contribution in [-0.4, -0.2) is 14.7 Å². The molecule has 0 unspecified atom stereocenters. The lowest BCUT2D eigenvalue weighted by atomic mass is 10.6. The molecule has 0 radical (unpaired) electrons. The molecule has 1 aromatic heterocycles. The molecule has 0 saturated heterocycles. The quantitative estimate of drug-likeness (QED) is 0.455. The summed E-state index contributed by atoms with van der Waals surface area (Å²) in [5.41, 5.74) is -0.197. The summed E-state index contributed by atoms with van der Waals surface area (Å²) < 4.78 is 12.5. The summed E-state index contributed by atoms with van der Waals surface area (Å²) in [6.07, 6.45) is 2.03. The zero-order chi connectivity index (χ0) is 7.56. The summed E-state index contributed by atoms with van der Waals surface area (Å²) in [5, 5.41) is 13.3. The Morgan fingerprint density at radius 3 is 2.90 bits per heavy atom. The minimum Gasteiger partial charge on any atom is -0.258 e. The molecular weight excluding hydrogens is 141 g/mol. The van der Waals surface area contributed by atoms with Crippen LogP contribution in [0, 0.1) is 10.1 Å². The van der Waals surface area contributed by atoms with Gasteiger partial charge in [-0.1, -0.05) is 0 Å². The van der Waals surface area contributed by atoms with E-state index in [9.17, 15) is 14.5 Å². The highest BCUT2D eigenvalue weighted by molar-refractivity contribution is 5.20. The second-order valence-electron chi connectivity index (χ2n) is 1.61. The van der Waals surface area contributed by atoms with Gasteiger partial charge in [-0.2, -0.15) is 5.10 Å². The first-order valence-corrected chi connectivity index (χ1v) is 2.47. The number of hydrogen-bond donors (Lipinski definition) is 0. The van der Waals surface area contributed by atoms with Gasteiger partial charge in [0.1, 0.15) is 12.4 Å². The van der Waals surface area contributed by atoms with Crippen LogP contribution < -0.4 is 0 Å².